The normalized spacial score (nSPS) is 17.5. The Morgan fingerprint density at radius 2 is 1.82 bits per heavy atom. The molecule has 2 N–H and O–H groups in total. The maximum atomic E-state index is 15.2. The van der Waals surface area contributed by atoms with Gasteiger partial charge in [-0.2, -0.15) is 0 Å². The topological polar surface area (TPSA) is 163 Å². The Labute approximate surface area is 329 Å². The number of piperidine rings is 2. The van der Waals surface area contributed by atoms with Crippen LogP contribution in [0.4, 0.5) is 10.1 Å². The van der Waals surface area contributed by atoms with Crippen LogP contribution in [0.25, 0.3) is 16.5 Å². The molecule has 2 aromatic heterocycles. The molecule has 1 unspecified atom stereocenters. The number of carbonyl (C=O) groups excluding carboxylic acids is 5. The smallest absolute Gasteiger partial charge is 0.289 e. The lowest BCUT2D eigenvalue weighted by molar-refractivity contribution is -0.134. The zero-order valence-corrected chi connectivity index (χ0v) is 32.1. The number of aryl methyl sites for hydroxylation is 1. The highest BCUT2D eigenvalue weighted by atomic mass is 19.1. The van der Waals surface area contributed by atoms with Crippen LogP contribution in [0.3, 0.4) is 0 Å². The maximum Gasteiger partial charge on any atom is 0.289 e. The first-order valence-corrected chi connectivity index (χ1v) is 19.3. The first-order chi connectivity index (χ1) is 27.5. The molecule has 5 heterocycles. The van der Waals surface area contributed by atoms with Crippen LogP contribution in [0.15, 0.2) is 59.3 Å². The van der Waals surface area contributed by atoms with E-state index < -0.39 is 11.9 Å². The van der Waals surface area contributed by atoms with E-state index in [2.05, 4.69) is 38.9 Å². The van der Waals surface area contributed by atoms with Crippen LogP contribution in [-0.2, 0) is 25.7 Å². The van der Waals surface area contributed by atoms with Crippen molar-refractivity contribution in [2.45, 2.75) is 69.9 Å². The Balaban J connectivity index is 0.972. The van der Waals surface area contributed by atoms with Gasteiger partial charge in [0.15, 0.2) is 11.3 Å². The molecule has 296 valence electrons. The highest BCUT2D eigenvalue weighted by Crippen LogP contribution is 2.33. The minimum absolute atomic E-state index is 0.0238. The minimum atomic E-state index is -0.596. The van der Waals surface area contributed by atoms with Crippen molar-refractivity contribution in [3.63, 3.8) is 0 Å². The average Bonchev–Trinajstić information content (AvgIpc) is 3.90. The number of benzene rings is 2. The van der Waals surface area contributed by atoms with Gasteiger partial charge < -0.3 is 24.4 Å². The standard InChI is InChI=1S/C42H45FN8O6/c1-48(2)42(56)36-24-31-23-30(29-7-5-17-50(26-29)39(54)15-20-51-21-16-44-47-51)22-28(40(31)57-36)6-3-4-8-38(53)49-18-13-27(14-19-49)33-10-9-32(25-34(33)43)45-35-11-12-37(52)46-41(35)55/h7,9-10,16,21-25,27,35,45H,4-5,8,11-15,17-20,26H2,1-2H3,(H,46,52,55). The molecule has 14 nitrogen and oxygen atoms in total. The van der Waals surface area contributed by atoms with Gasteiger partial charge in [-0.05, 0) is 78.6 Å². The van der Waals surface area contributed by atoms with Crippen molar-refractivity contribution in [3.8, 4) is 11.8 Å². The number of imide groups is 1. The predicted molar refractivity (Wildman–Crippen MR) is 209 cm³/mol. The van der Waals surface area contributed by atoms with Crippen LogP contribution in [0.1, 0.15) is 84.5 Å². The number of nitrogens with one attached hydrogen (secondary N) is 2. The van der Waals surface area contributed by atoms with Crippen LogP contribution in [0.5, 0.6) is 0 Å². The second kappa shape index (κ2) is 17.2. The number of anilines is 1. The van der Waals surface area contributed by atoms with Gasteiger partial charge in [-0.15, -0.1) is 5.10 Å². The summed E-state index contributed by atoms with van der Waals surface area (Å²) in [5, 5.41) is 13.8. The van der Waals surface area contributed by atoms with Gasteiger partial charge in [0.05, 0.1) is 18.3 Å². The lowest BCUT2D eigenvalue weighted by Crippen LogP contribution is -2.47. The lowest BCUT2D eigenvalue weighted by atomic mass is 9.88. The number of hydrogen-bond donors (Lipinski definition) is 2. The fourth-order valence-corrected chi connectivity index (χ4v) is 7.55. The number of furan rings is 1. The van der Waals surface area contributed by atoms with Crippen LogP contribution >= 0.6 is 0 Å². The fraction of sp³-hybridized carbons (Fsp3) is 0.405. The highest BCUT2D eigenvalue weighted by molar-refractivity contribution is 6.01. The number of rotatable bonds is 10. The van der Waals surface area contributed by atoms with E-state index >= 15 is 4.39 Å². The van der Waals surface area contributed by atoms with E-state index in [1.807, 2.05) is 17.0 Å². The van der Waals surface area contributed by atoms with Crippen LogP contribution in [0.2, 0.25) is 0 Å². The number of nitrogens with zero attached hydrogens (tertiary/aromatic N) is 6. The Hall–Kier alpha value is -6.30. The zero-order valence-electron chi connectivity index (χ0n) is 32.1. The molecule has 0 saturated carbocycles. The Bertz CT molecular complexity index is 2280. The molecule has 3 aliphatic rings. The summed E-state index contributed by atoms with van der Waals surface area (Å²) in [6.45, 7) is 2.49. The Morgan fingerprint density at radius 1 is 1.02 bits per heavy atom. The molecular formula is C42H45FN8O6. The van der Waals surface area contributed by atoms with E-state index in [4.69, 9.17) is 4.42 Å². The summed E-state index contributed by atoms with van der Waals surface area (Å²) in [7, 11) is 3.31. The summed E-state index contributed by atoms with van der Waals surface area (Å²) >= 11 is 0. The average molecular weight is 777 g/mol. The minimum Gasteiger partial charge on any atom is -0.450 e. The van der Waals surface area contributed by atoms with Gasteiger partial charge in [0.25, 0.3) is 5.91 Å². The Kier molecular flexibility index (Phi) is 11.8. The van der Waals surface area contributed by atoms with Crippen molar-refractivity contribution in [1.29, 1.82) is 0 Å². The van der Waals surface area contributed by atoms with E-state index in [-0.39, 0.29) is 54.0 Å². The number of fused-ring (bicyclic) bond motifs is 1. The molecule has 2 fully saturated rings. The summed E-state index contributed by atoms with van der Waals surface area (Å²) < 4.78 is 22.9. The van der Waals surface area contributed by atoms with Crippen LogP contribution < -0.4 is 10.6 Å². The van der Waals surface area contributed by atoms with Crippen molar-refractivity contribution >= 4 is 51.8 Å². The van der Waals surface area contributed by atoms with Gasteiger partial charge >= 0.3 is 0 Å². The van der Waals surface area contributed by atoms with E-state index in [0.29, 0.717) is 99.0 Å². The third-order valence-corrected chi connectivity index (χ3v) is 10.7. The number of aromatic nitrogens is 3. The molecule has 4 aromatic rings. The summed E-state index contributed by atoms with van der Waals surface area (Å²) in [5.41, 5.74) is 3.97. The van der Waals surface area contributed by atoms with Crippen molar-refractivity contribution in [2.75, 3.05) is 45.6 Å². The molecule has 3 aliphatic heterocycles. The van der Waals surface area contributed by atoms with E-state index in [0.717, 1.165) is 11.1 Å². The zero-order chi connectivity index (χ0) is 40.1. The molecule has 0 bridgehead atoms. The lowest BCUT2D eigenvalue weighted by Gasteiger charge is -2.32. The first-order valence-electron chi connectivity index (χ1n) is 19.3. The van der Waals surface area contributed by atoms with E-state index in [9.17, 15) is 24.0 Å². The second-order valence-corrected chi connectivity index (χ2v) is 14.8. The van der Waals surface area contributed by atoms with Gasteiger partial charge in [0, 0.05) is 83.2 Å². The highest BCUT2D eigenvalue weighted by Gasteiger charge is 2.28. The summed E-state index contributed by atoms with van der Waals surface area (Å²) in [6, 6.07) is 9.85. The molecule has 0 aliphatic carbocycles. The van der Waals surface area contributed by atoms with Crippen LogP contribution in [-0.4, -0.2) is 106 Å². The molecule has 2 saturated heterocycles. The largest absolute Gasteiger partial charge is 0.450 e. The molecule has 1 atom stereocenters. The van der Waals surface area contributed by atoms with Gasteiger partial charge in [-0.1, -0.05) is 29.2 Å². The van der Waals surface area contributed by atoms with Crippen LogP contribution in [0, 0.1) is 17.7 Å². The monoisotopic (exact) mass is 776 g/mol. The predicted octanol–water partition coefficient (Wildman–Crippen LogP) is 4.33. The summed E-state index contributed by atoms with van der Waals surface area (Å²) in [6.07, 6.45) is 8.78. The quantitative estimate of drug-likeness (QED) is 0.176. The third kappa shape index (κ3) is 9.23. The van der Waals surface area contributed by atoms with E-state index in [1.165, 1.54) is 11.0 Å². The van der Waals surface area contributed by atoms with Gasteiger partial charge in [0.2, 0.25) is 23.6 Å². The third-order valence-electron chi connectivity index (χ3n) is 10.7. The number of amides is 5. The number of carbonyl (C=O) groups is 5. The van der Waals surface area contributed by atoms with Crippen molar-refractivity contribution in [2.24, 2.45) is 0 Å². The molecule has 0 spiro atoms. The number of likely N-dealkylation sites (tertiary alicyclic amines) is 1. The van der Waals surface area contributed by atoms with Gasteiger partial charge in [-0.3, -0.25) is 34.0 Å². The molecule has 5 amide bonds. The summed E-state index contributed by atoms with van der Waals surface area (Å²) in [4.78, 5) is 67.8. The molecule has 7 rings (SSSR count). The second-order valence-electron chi connectivity index (χ2n) is 14.8. The SMILES string of the molecule is CN(C)C(=O)c1cc2cc(C3=CCCN(C(=O)CCn4ccnn4)C3)cc(C#CCCC(=O)N3CCC(c4ccc(NC5CCC(=O)NC5=O)cc4F)CC3)c2o1. The molecule has 0 radical (unpaired) electrons. The van der Waals surface area contributed by atoms with Gasteiger partial charge in [0.1, 0.15) is 11.9 Å². The number of halogens is 1. The molecule has 2 aromatic carbocycles. The van der Waals surface area contributed by atoms with Crippen molar-refractivity contribution in [3.05, 3.63) is 83.1 Å². The molecule has 57 heavy (non-hydrogen) atoms. The van der Waals surface area contributed by atoms with Crippen molar-refractivity contribution in [1.82, 2.24) is 35.0 Å². The first kappa shape index (κ1) is 39.0. The van der Waals surface area contributed by atoms with Crippen molar-refractivity contribution < 1.29 is 32.8 Å². The molecular weight excluding hydrogens is 732 g/mol. The fourth-order valence-electron chi connectivity index (χ4n) is 7.55. The summed E-state index contributed by atoms with van der Waals surface area (Å²) in [5.74, 6) is 5.12. The number of hydrogen-bond acceptors (Lipinski definition) is 9. The Morgan fingerprint density at radius 3 is 2.56 bits per heavy atom. The maximum absolute atomic E-state index is 15.2. The van der Waals surface area contributed by atoms with E-state index in [1.54, 1.807) is 54.3 Å². The van der Waals surface area contributed by atoms with Gasteiger partial charge in [-0.25, -0.2) is 4.39 Å². The molecule has 15 heteroatoms.